The predicted molar refractivity (Wildman–Crippen MR) is 62.9 cm³/mol. The number of carboxylic acid groups (broad SMARTS) is 1. The molecule has 0 saturated heterocycles. The van der Waals surface area contributed by atoms with Crippen LogP contribution in [0.25, 0.3) is 0 Å². The van der Waals surface area contributed by atoms with Crippen LogP contribution in [0.5, 0.6) is 0 Å². The molecule has 0 aliphatic heterocycles. The molecule has 2 unspecified atom stereocenters. The fourth-order valence-electron chi connectivity index (χ4n) is 1.58. The number of hydrogen-bond donors (Lipinski definition) is 2. The molecule has 0 fully saturated rings. The van der Waals surface area contributed by atoms with Gasteiger partial charge >= 0.3 is 5.97 Å². The number of aromatic nitrogens is 1. The van der Waals surface area contributed by atoms with E-state index in [4.69, 9.17) is 5.11 Å². The van der Waals surface area contributed by atoms with Gasteiger partial charge in [-0.1, -0.05) is 13.8 Å². The summed E-state index contributed by atoms with van der Waals surface area (Å²) in [6.07, 6.45) is 2.03. The Morgan fingerprint density at radius 2 is 2.06 bits per heavy atom. The van der Waals surface area contributed by atoms with E-state index in [-0.39, 0.29) is 5.92 Å². The van der Waals surface area contributed by atoms with Crippen LogP contribution in [0.2, 0.25) is 0 Å². The van der Waals surface area contributed by atoms with Gasteiger partial charge in [0.15, 0.2) is 0 Å². The normalized spacial score (nSPS) is 14.8. The topological polar surface area (TPSA) is 70.4 Å². The lowest BCUT2D eigenvalue weighted by Gasteiger charge is -2.22. The molecule has 1 aromatic rings. The minimum Gasteiger partial charge on any atom is -0.481 e. The van der Waals surface area contributed by atoms with Crippen LogP contribution in [0, 0.1) is 11.8 Å². The molecular formula is C11H14BrNO3. The van der Waals surface area contributed by atoms with E-state index in [0.29, 0.717) is 5.56 Å². The molecule has 0 amide bonds. The van der Waals surface area contributed by atoms with Crippen molar-refractivity contribution in [1.82, 2.24) is 4.98 Å². The molecule has 1 heterocycles. The van der Waals surface area contributed by atoms with E-state index in [2.05, 4.69) is 20.9 Å². The van der Waals surface area contributed by atoms with Gasteiger partial charge in [0, 0.05) is 22.4 Å². The molecule has 2 N–H and O–H groups in total. The first kappa shape index (κ1) is 13.1. The summed E-state index contributed by atoms with van der Waals surface area (Å²) < 4.78 is 0.719. The Labute approximate surface area is 102 Å². The highest BCUT2D eigenvalue weighted by Gasteiger charge is 2.30. The first-order valence-electron chi connectivity index (χ1n) is 4.94. The Bertz CT molecular complexity index is 381. The summed E-state index contributed by atoms with van der Waals surface area (Å²) in [4.78, 5) is 15.0. The second-order valence-corrected chi connectivity index (χ2v) is 4.91. The zero-order chi connectivity index (χ0) is 12.3. The maximum absolute atomic E-state index is 11.0. The van der Waals surface area contributed by atoms with Crippen molar-refractivity contribution in [3.8, 4) is 0 Å². The molecule has 0 radical (unpaired) electrons. The van der Waals surface area contributed by atoms with Gasteiger partial charge < -0.3 is 10.2 Å². The second kappa shape index (κ2) is 5.41. The van der Waals surface area contributed by atoms with E-state index in [0.717, 1.165) is 4.47 Å². The fourth-order valence-corrected chi connectivity index (χ4v) is 1.96. The van der Waals surface area contributed by atoms with Crippen LogP contribution in [-0.4, -0.2) is 21.2 Å². The minimum atomic E-state index is -1.04. The second-order valence-electron chi connectivity index (χ2n) is 3.99. The number of pyridine rings is 1. The SMILES string of the molecule is CC(C)C(C(=O)O)C(O)c1cncc(Br)c1. The monoisotopic (exact) mass is 287 g/mol. The van der Waals surface area contributed by atoms with Crippen LogP contribution >= 0.6 is 15.9 Å². The molecule has 4 nitrogen and oxygen atoms in total. The van der Waals surface area contributed by atoms with E-state index in [1.807, 2.05) is 0 Å². The van der Waals surface area contributed by atoms with Gasteiger partial charge in [-0.15, -0.1) is 0 Å². The Hall–Kier alpha value is -0.940. The highest BCUT2D eigenvalue weighted by Crippen LogP contribution is 2.29. The molecule has 0 aliphatic carbocycles. The average Bonchev–Trinajstić information content (AvgIpc) is 2.16. The van der Waals surface area contributed by atoms with Gasteiger partial charge in [0.2, 0.25) is 0 Å². The van der Waals surface area contributed by atoms with Crippen molar-refractivity contribution in [2.24, 2.45) is 11.8 Å². The smallest absolute Gasteiger partial charge is 0.309 e. The van der Waals surface area contributed by atoms with Gasteiger partial charge in [0.25, 0.3) is 0 Å². The van der Waals surface area contributed by atoms with Crippen molar-refractivity contribution in [2.75, 3.05) is 0 Å². The summed E-state index contributed by atoms with van der Waals surface area (Å²) in [6, 6.07) is 1.68. The van der Waals surface area contributed by atoms with Gasteiger partial charge in [-0.25, -0.2) is 0 Å². The summed E-state index contributed by atoms with van der Waals surface area (Å²) in [5, 5.41) is 19.1. The van der Waals surface area contributed by atoms with Crippen LogP contribution in [0.1, 0.15) is 25.5 Å². The number of aliphatic hydroxyl groups is 1. The van der Waals surface area contributed by atoms with Crippen LogP contribution in [0.15, 0.2) is 22.9 Å². The highest BCUT2D eigenvalue weighted by atomic mass is 79.9. The summed E-state index contributed by atoms with van der Waals surface area (Å²) in [5.74, 6) is -1.97. The van der Waals surface area contributed by atoms with Gasteiger partial charge in [-0.2, -0.15) is 0 Å². The third-order valence-corrected chi connectivity index (χ3v) is 2.84. The van der Waals surface area contributed by atoms with Crippen LogP contribution in [-0.2, 0) is 4.79 Å². The Morgan fingerprint density at radius 1 is 1.44 bits per heavy atom. The number of carbonyl (C=O) groups is 1. The van der Waals surface area contributed by atoms with E-state index in [9.17, 15) is 9.90 Å². The molecule has 0 aliphatic rings. The van der Waals surface area contributed by atoms with E-state index in [1.165, 1.54) is 6.20 Å². The number of nitrogens with zero attached hydrogens (tertiary/aromatic N) is 1. The van der Waals surface area contributed by atoms with Gasteiger partial charge in [-0.05, 0) is 27.9 Å². The first-order valence-corrected chi connectivity index (χ1v) is 5.74. The van der Waals surface area contributed by atoms with Crippen LogP contribution in [0.4, 0.5) is 0 Å². The van der Waals surface area contributed by atoms with Crippen molar-refractivity contribution in [1.29, 1.82) is 0 Å². The number of hydrogen-bond acceptors (Lipinski definition) is 3. The lowest BCUT2D eigenvalue weighted by Crippen LogP contribution is -2.27. The molecule has 0 saturated carbocycles. The number of aliphatic hydroxyl groups excluding tert-OH is 1. The molecule has 88 valence electrons. The zero-order valence-electron chi connectivity index (χ0n) is 9.09. The third kappa shape index (κ3) is 3.02. The molecule has 2 atom stereocenters. The molecule has 1 rings (SSSR count). The quantitative estimate of drug-likeness (QED) is 0.891. The summed E-state index contributed by atoms with van der Waals surface area (Å²) in [5.41, 5.74) is 0.510. The largest absolute Gasteiger partial charge is 0.481 e. The van der Waals surface area contributed by atoms with Gasteiger partial charge in [0.1, 0.15) is 0 Å². The van der Waals surface area contributed by atoms with Crippen molar-refractivity contribution in [3.05, 3.63) is 28.5 Å². The third-order valence-electron chi connectivity index (χ3n) is 2.41. The van der Waals surface area contributed by atoms with Crippen LogP contribution < -0.4 is 0 Å². The van der Waals surface area contributed by atoms with E-state index in [1.54, 1.807) is 26.1 Å². The van der Waals surface area contributed by atoms with Crippen molar-refractivity contribution < 1.29 is 15.0 Å². The molecular weight excluding hydrogens is 274 g/mol. The van der Waals surface area contributed by atoms with Gasteiger partial charge in [0.05, 0.1) is 12.0 Å². The van der Waals surface area contributed by atoms with Crippen LogP contribution in [0.3, 0.4) is 0 Å². The van der Waals surface area contributed by atoms with E-state index < -0.39 is 18.0 Å². The molecule has 16 heavy (non-hydrogen) atoms. The minimum absolute atomic E-state index is 0.147. The Morgan fingerprint density at radius 3 is 2.50 bits per heavy atom. The van der Waals surface area contributed by atoms with Crippen molar-refractivity contribution in [2.45, 2.75) is 20.0 Å². The lowest BCUT2D eigenvalue weighted by molar-refractivity contribution is -0.148. The zero-order valence-corrected chi connectivity index (χ0v) is 10.7. The van der Waals surface area contributed by atoms with E-state index >= 15 is 0 Å². The van der Waals surface area contributed by atoms with Crippen molar-refractivity contribution in [3.63, 3.8) is 0 Å². The molecule has 0 bridgehead atoms. The molecule has 1 aromatic heterocycles. The summed E-state index contributed by atoms with van der Waals surface area (Å²) in [7, 11) is 0. The Balaban J connectivity index is 2.99. The fraction of sp³-hybridized carbons (Fsp3) is 0.455. The number of halogens is 1. The van der Waals surface area contributed by atoms with Crippen molar-refractivity contribution >= 4 is 21.9 Å². The summed E-state index contributed by atoms with van der Waals surface area (Å²) in [6.45, 7) is 3.54. The Kier molecular flexibility index (Phi) is 4.44. The predicted octanol–water partition coefficient (Wildman–Crippen LogP) is 2.23. The molecule has 5 heteroatoms. The molecule has 0 spiro atoms. The number of rotatable bonds is 4. The first-order chi connectivity index (χ1) is 7.43. The summed E-state index contributed by atoms with van der Waals surface area (Å²) >= 11 is 3.23. The average molecular weight is 288 g/mol. The maximum Gasteiger partial charge on any atom is 0.309 e. The standard InChI is InChI=1S/C11H14BrNO3/c1-6(2)9(11(15)16)10(14)7-3-8(12)5-13-4-7/h3-6,9-10,14H,1-2H3,(H,15,16). The maximum atomic E-state index is 11.0. The highest BCUT2D eigenvalue weighted by molar-refractivity contribution is 9.10. The van der Waals surface area contributed by atoms with Gasteiger partial charge in [-0.3, -0.25) is 9.78 Å². The number of aliphatic carboxylic acids is 1. The number of carboxylic acids is 1. The lowest BCUT2D eigenvalue weighted by atomic mass is 9.87. The molecule has 0 aromatic carbocycles.